The van der Waals surface area contributed by atoms with Gasteiger partial charge in [0.05, 0.1) is 6.54 Å². The van der Waals surface area contributed by atoms with Crippen LogP contribution in [0.25, 0.3) is 5.65 Å². The molecule has 0 radical (unpaired) electrons. The van der Waals surface area contributed by atoms with E-state index in [-0.39, 0.29) is 5.69 Å². The first-order valence-electron chi connectivity index (χ1n) is 6.60. The van der Waals surface area contributed by atoms with Gasteiger partial charge in [0.15, 0.2) is 5.65 Å². The van der Waals surface area contributed by atoms with Gasteiger partial charge < -0.3 is 9.73 Å². The van der Waals surface area contributed by atoms with Gasteiger partial charge in [-0.25, -0.2) is 9.48 Å². The van der Waals surface area contributed by atoms with E-state index in [9.17, 15) is 4.79 Å². The summed E-state index contributed by atoms with van der Waals surface area (Å²) in [5, 5.41) is 7.46. The van der Waals surface area contributed by atoms with Crippen molar-refractivity contribution in [3.05, 3.63) is 58.5 Å². The molecule has 0 saturated carbocycles. The fourth-order valence-electron chi connectivity index (χ4n) is 2.07. The van der Waals surface area contributed by atoms with Crippen molar-refractivity contribution in [2.75, 3.05) is 6.54 Å². The minimum atomic E-state index is -0.162. The Hall–Kier alpha value is -2.34. The van der Waals surface area contributed by atoms with E-state index in [4.69, 9.17) is 4.42 Å². The zero-order valence-corrected chi connectivity index (χ0v) is 11.2. The number of fused-ring (bicyclic) bond motifs is 1. The summed E-state index contributed by atoms with van der Waals surface area (Å²) in [7, 11) is 0. The van der Waals surface area contributed by atoms with Gasteiger partial charge in [-0.05, 0) is 30.8 Å². The summed E-state index contributed by atoms with van der Waals surface area (Å²) in [6, 6.07) is 9.26. The molecule has 6 nitrogen and oxygen atoms in total. The molecule has 0 aliphatic rings. The highest BCUT2D eigenvalue weighted by Crippen LogP contribution is 2.08. The van der Waals surface area contributed by atoms with Crippen LogP contribution in [0.5, 0.6) is 0 Å². The van der Waals surface area contributed by atoms with Crippen molar-refractivity contribution in [1.82, 2.24) is 19.5 Å². The number of nitrogens with zero attached hydrogens (tertiary/aromatic N) is 3. The van der Waals surface area contributed by atoms with E-state index >= 15 is 0 Å². The molecule has 0 aromatic carbocycles. The van der Waals surface area contributed by atoms with E-state index in [0.29, 0.717) is 18.7 Å². The van der Waals surface area contributed by atoms with Gasteiger partial charge in [0.1, 0.15) is 18.1 Å². The maximum atomic E-state index is 12.1. The molecule has 6 heteroatoms. The van der Waals surface area contributed by atoms with Gasteiger partial charge in [-0.2, -0.15) is 0 Å². The SMILES string of the molecule is CCNCc1ccc(Cn2nc3ccccn3c2=O)o1. The highest BCUT2D eigenvalue weighted by atomic mass is 16.3. The number of nitrogens with one attached hydrogen (secondary N) is 1. The lowest BCUT2D eigenvalue weighted by Gasteiger charge is -1.98. The second kappa shape index (κ2) is 5.34. The van der Waals surface area contributed by atoms with E-state index < -0.39 is 0 Å². The summed E-state index contributed by atoms with van der Waals surface area (Å²) in [4.78, 5) is 12.1. The fourth-order valence-corrected chi connectivity index (χ4v) is 2.07. The third-order valence-corrected chi connectivity index (χ3v) is 3.06. The number of aromatic nitrogens is 3. The van der Waals surface area contributed by atoms with E-state index in [1.54, 1.807) is 12.3 Å². The quantitative estimate of drug-likeness (QED) is 0.759. The lowest BCUT2D eigenvalue weighted by atomic mass is 10.4. The predicted octanol–water partition coefficient (Wildman–Crippen LogP) is 1.25. The standard InChI is InChI=1S/C14H16N4O2/c1-2-15-9-11-6-7-12(20-11)10-18-14(19)17-8-4-3-5-13(17)16-18/h3-8,15H,2,9-10H2,1H3. The first-order chi connectivity index (χ1) is 9.78. The Morgan fingerprint density at radius 2 is 2.10 bits per heavy atom. The molecule has 0 amide bonds. The molecular formula is C14H16N4O2. The highest BCUT2D eigenvalue weighted by molar-refractivity contribution is 5.35. The van der Waals surface area contributed by atoms with Crippen molar-refractivity contribution in [1.29, 1.82) is 0 Å². The van der Waals surface area contributed by atoms with Crippen LogP contribution in [0.3, 0.4) is 0 Å². The Labute approximate surface area is 115 Å². The second-order valence-electron chi connectivity index (χ2n) is 4.52. The molecule has 0 fully saturated rings. The van der Waals surface area contributed by atoms with Crippen LogP contribution in [0.15, 0.2) is 45.7 Å². The molecule has 3 rings (SSSR count). The molecule has 0 saturated heterocycles. The van der Waals surface area contributed by atoms with Gasteiger partial charge in [0.25, 0.3) is 0 Å². The second-order valence-corrected chi connectivity index (χ2v) is 4.52. The number of hydrogen-bond donors (Lipinski definition) is 1. The molecule has 0 unspecified atom stereocenters. The van der Waals surface area contributed by atoms with Crippen LogP contribution >= 0.6 is 0 Å². The maximum Gasteiger partial charge on any atom is 0.350 e. The van der Waals surface area contributed by atoms with Crippen molar-refractivity contribution >= 4 is 5.65 Å². The minimum Gasteiger partial charge on any atom is -0.463 e. The van der Waals surface area contributed by atoms with Crippen molar-refractivity contribution in [3.63, 3.8) is 0 Å². The van der Waals surface area contributed by atoms with Crippen LogP contribution in [0.1, 0.15) is 18.4 Å². The Balaban J connectivity index is 1.84. The zero-order chi connectivity index (χ0) is 13.9. The van der Waals surface area contributed by atoms with E-state index in [2.05, 4.69) is 10.4 Å². The Kier molecular flexibility index (Phi) is 3.39. The minimum absolute atomic E-state index is 0.162. The smallest absolute Gasteiger partial charge is 0.350 e. The first-order valence-corrected chi connectivity index (χ1v) is 6.60. The van der Waals surface area contributed by atoms with E-state index in [0.717, 1.165) is 18.1 Å². The third-order valence-electron chi connectivity index (χ3n) is 3.06. The average molecular weight is 272 g/mol. The first kappa shape index (κ1) is 12.7. The molecule has 3 aromatic rings. The molecule has 1 N–H and O–H groups in total. The molecule has 20 heavy (non-hydrogen) atoms. The average Bonchev–Trinajstić information content (AvgIpc) is 3.03. The highest BCUT2D eigenvalue weighted by Gasteiger charge is 2.09. The third kappa shape index (κ3) is 2.37. The number of hydrogen-bond acceptors (Lipinski definition) is 4. The Bertz CT molecular complexity index is 769. The van der Waals surface area contributed by atoms with Crippen LogP contribution in [0.4, 0.5) is 0 Å². The zero-order valence-electron chi connectivity index (χ0n) is 11.2. The summed E-state index contributed by atoms with van der Waals surface area (Å²) in [5.41, 5.74) is 0.474. The molecule has 104 valence electrons. The van der Waals surface area contributed by atoms with Crippen molar-refractivity contribution in [3.8, 4) is 0 Å². The van der Waals surface area contributed by atoms with E-state index in [1.165, 1.54) is 9.08 Å². The summed E-state index contributed by atoms with van der Waals surface area (Å²) >= 11 is 0. The van der Waals surface area contributed by atoms with Crippen molar-refractivity contribution < 1.29 is 4.42 Å². The number of furan rings is 1. The molecule has 0 atom stereocenters. The Morgan fingerprint density at radius 3 is 2.90 bits per heavy atom. The van der Waals surface area contributed by atoms with Crippen LogP contribution < -0.4 is 11.0 Å². The lowest BCUT2D eigenvalue weighted by molar-refractivity contribution is 0.430. The number of rotatable bonds is 5. The van der Waals surface area contributed by atoms with Gasteiger partial charge in [-0.1, -0.05) is 13.0 Å². The van der Waals surface area contributed by atoms with Gasteiger partial charge >= 0.3 is 5.69 Å². The number of pyridine rings is 1. The van der Waals surface area contributed by atoms with Crippen LogP contribution in [0, 0.1) is 0 Å². The molecule has 3 heterocycles. The van der Waals surface area contributed by atoms with Crippen molar-refractivity contribution in [2.45, 2.75) is 20.0 Å². The lowest BCUT2D eigenvalue weighted by Crippen LogP contribution is -2.21. The molecule has 0 bridgehead atoms. The molecule has 0 aliphatic carbocycles. The summed E-state index contributed by atoms with van der Waals surface area (Å²) in [6.45, 7) is 3.96. The van der Waals surface area contributed by atoms with Crippen LogP contribution in [-0.4, -0.2) is 20.7 Å². The van der Waals surface area contributed by atoms with Gasteiger partial charge in [0.2, 0.25) is 0 Å². The predicted molar refractivity (Wildman–Crippen MR) is 74.6 cm³/mol. The molecular weight excluding hydrogens is 256 g/mol. The van der Waals surface area contributed by atoms with Crippen molar-refractivity contribution in [2.24, 2.45) is 0 Å². The Morgan fingerprint density at radius 1 is 1.25 bits per heavy atom. The van der Waals surface area contributed by atoms with Gasteiger partial charge in [0, 0.05) is 6.20 Å². The summed E-state index contributed by atoms with van der Waals surface area (Å²) in [6.07, 6.45) is 1.71. The molecule has 0 aliphatic heterocycles. The van der Waals surface area contributed by atoms with Gasteiger partial charge in [-0.15, -0.1) is 5.10 Å². The van der Waals surface area contributed by atoms with Crippen LogP contribution in [-0.2, 0) is 13.1 Å². The summed E-state index contributed by atoms with van der Waals surface area (Å²) in [5.74, 6) is 1.59. The molecule has 0 spiro atoms. The summed E-state index contributed by atoms with van der Waals surface area (Å²) < 4.78 is 8.59. The monoisotopic (exact) mass is 272 g/mol. The van der Waals surface area contributed by atoms with E-state index in [1.807, 2.05) is 31.2 Å². The largest absolute Gasteiger partial charge is 0.463 e. The maximum absolute atomic E-state index is 12.1. The van der Waals surface area contributed by atoms with Gasteiger partial charge in [-0.3, -0.25) is 4.40 Å². The normalized spacial score (nSPS) is 11.2. The topological polar surface area (TPSA) is 64.5 Å². The fraction of sp³-hybridized carbons (Fsp3) is 0.286. The van der Waals surface area contributed by atoms with Crippen LogP contribution in [0.2, 0.25) is 0 Å². The molecule has 3 aromatic heterocycles.